The lowest BCUT2D eigenvalue weighted by atomic mass is 10.2. The van der Waals surface area contributed by atoms with Gasteiger partial charge in [0, 0.05) is 22.9 Å². The molecule has 0 aromatic carbocycles. The Bertz CT molecular complexity index is 1040. The van der Waals surface area contributed by atoms with Gasteiger partial charge in [-0.15, -0.1) is 22.7 Å². The fourth-order valence-corrected chi connectivity index (χ4v) is 4.24. The number of alkyl halides is 3. The summed E-state index contributed by atoms with van der Waals surface area (Å²) in [6.07, 6.45) is -3.68. The predicted octanol–water partition coefficient (Wildman–Crippen LogP) is 4.48. The number of rotatable bonds is 5. The second-order valence-electron chi connectivity index (χ2n) is 5.98. The van der Waals surface area contributed by atoms with Crippen molar-refractivity contribution in [3.05, 3.63) is 51.5 Å². The first-order chi connectivity index (χ1) is 13.6. The van der Waals surface area contributed by atoms with Gasteiger partial charge in [0.25, 0.3) is 5.91 Å². The van der Waals surface area contributed by atoms with Crippen LogP contribution in [0, 0.1) is 6.92 Å². The molecule has 3 aromatic rings. The Labute approximate surface area is 171 Å². The van der Waals surface area contributed by atoms with E-state index in [2.05, 4.69) is 20.6 Å². The summed E-state index contributed by atoms with van der Waals surface area (Å²) >= 11 is 2.74. The van der Waals surface area contributed by atoms with Crippen LogP contribution in [-0.2, 0) is 17.5 Å². The van der Waals surface area contributed by atoms with E-state index in [1.165, 1.54) is 29.6 Å². The first kappa shape index (κ1) is 20.9. The van der Waals surface area contributed by atoms with Crippen LogP contribution in [0.5, 0.6) is 0 Å². The maximum atomic E-state index is 12.6. The number of thiophene rings is 1. The zero-order chi connectivity index (χ0) is 21.2. The number of carbonyl (C=O) groups excluding carboxylic acids is 2. The molecule has 0 fully saturated rings. The van der Waals surface area contributed by atoms with E-state index in [-0.39, 0.29) is 11.5 Å². The highest BCUT2D eigenvalue weighted by molar-refractivity contribution is 7.18. The van der Waals surface area contributed by atoms with Crippen LogP contribution in [0.4, 0.5) is 18.3 Å². The summed E-state index contributed by atoms with van der Waals surface area (Å²) in [6.45, 7) is 3.73. The molecule has 0 bridgehead atoms. The molecule has 0 aliphatic carbocycles. The molecule has 0 unspecified atom stereocenters. The lowest BCUT2D eigenvalue weighted by Crippen LogP contribution is -2.17. The lowest BCUT2D eigenvalue weighted by Gasteiger charge is -2.06. The third-order valence-electron chi connectivity index (χ3n) is 3.74. The molecule has 3 rings (SSSR count). The van der Waals surface area contributed by atoms with E-state index < -0.39 is 17.8 Å². The highest BCUT2D eigenvalue weighted by Crippen LogP contribution is 2.35. The van der Waals surface area contributed by atoms with Gasteiger partial charge >= 0.3 is 6.18 Å². The molecule has 0 saturated carbocycles. The summed E-state index contributed by atoms with van der Waals surface area (Å²) < 4.78 is 37.7. The zero-order valence-electron chi connectivity index (χ0n) is 15.3. The van der Waals surface area contributed by atoms with Gasteiger partial charge in [-0.3, -0.25) is 19.9 Å². The molecule has 0 aliphatic heterocycles. The number of thiazole rings is 1. The molecule has 0 radical (unpaired) electrons. The maximum Gasteiger partial charge on any atom is 0.433 e. The fraction of sp³-hybridized carbons (Fsp3) is 0.222. The van der Waals surface area contributed by atoms with Crippen molar-refractivity contribution in [1.82, 2.24) is 15.3 Å². The van der Waals surface area contributed by atoms with Gasteiger partial charge in [0.15, 0.2) is 5.13 Å². The predicted molar refractivity (Wildman–Crippen MR) is 105 cm³/mol. The second-order valence-corrected chi connectivity index (χ2v) is 8.36. The molecule has 6 nitrogen and oxygen atoms in total. The van der Waals surface area contributed by atoms with Crippen molar-refractivity contribution in [3.8, 4) is 10.6 Å². The number of anilines is 1. The summed E-state index contributed by atoms with van der Waals surface area (Å²) in [4.78, 5) is 33.7. The van der Waals surface area contributed by atoms with Crippen molar-refractivity contribution in [3.63, 3.8) is 0 Å². The number of pyridine rings is 1. The molecule has 3 aromatic heterocycles. The third kappa shape index (κ3) is 5.18. The van der Waals surface area contributed by atoms with Crippen LogP contribution >= 0.6 is 22.7 Å². The molecule has 3 heterocycles. The summed E-state index contributed by atoms with van der Waals surface area (Å²) in [6, 6.07) is 5.60. The molecule has 2 amide bonds. The molecular formula is C18H15F3N4O2S2. The topological polar surface area (TPSA) is 84.0 Å². The zero-order valence-corrected chi connectivity index (χ0v) is 16.9. The minimum Gasteiger partial charge on any atom is -0.351 e. The number of nitrogens with one attached hydrogen (secondary N) is 2. The van der Waals surface area contributed by atoms with Crippen LogP contribution in [-0.4, -0.2) is 21.8 Å². The Morgan fingerprint density at radius 1 is 1.14 bits per heavy atom. The number of hydrogen-bond acceptors (Lipinski definition) is 6. The van der Waals surface area contributed by atoms with Gasteiger partial charge in [0.05, 0.1) is 22.7 Å². The van der Waals surface area contributed by atoms with E-state index in [1.54, 1.807) is 0 Å². The average molecular weight is 440 g/mol. The molecule has 2 N–H and O–H groups in total. The number of nitrogens with zero attached hydrogens (tertiary/aromatic N) is 2. The average Bonchev–Trinajstić information content (AvgIpc) is 3.25. The Morgan fingerprint density at radius 2 is 1.90 bits per heavy atom. The highest BCUT2D eigenvalue weighted by Gasteiger charge is 2.32. The van der Waals surface area contributed by atoms with Gasteiger partial charge < -0.3 is 5.32 Å². The van der Waals surface area contributed by atoms with Crippen LogP contribution in [0.3, 0.4) is 0 Å². The maximum absolute atomic E-state index is 12.6. The van der Waals surface area contributed by atoms with Crippen molar-refractivity contribution >= 4 is 39.6 Å². The quantitative estimate of drug-likeness (QED) is 0.613. The van der Waals surface area contributed by atoms with Gasteiger partial charge in [-0.1, -0.05) is 0 Å². The molecule has 0 spiro atoms. The van der Waals surface area contributed by atoms with Crippen LogP contribution < -0.4 is 10.6 Å². The van der Waals surface area contributed by atoms with Crippen LogP contribution in [0.15, 0.2) is 30.5 Å². The summed E-state index contributed by atoms with van der Waals surface area (Å²) in [7, 11) is 0. The Balaban J connectivity index is 1.72. The Hall–Kier alpha value is -2.79. The number of carbonyl (C=O) groups is 2. The SMILES string of the molecule is CC(=O)NCc1ccc(-c2nc(NC(=O)c3ccc(C(F)(F)F)nc3)sc2C)s1. The first-order valence-electron chi connectivity index (χ1n) is 8.29. The van der Waals surface area contributed by atoms with Crippen molar-refractivity contribution in [2.75, 3.05) is 5.32 Å². The van der Waals surface area contributed by atoms with Crippen LogP contribution in [0.25, 0.3) is 10.6 Å². The molecular weight excluding hydrogens is 425 g/mol. The van der Waals surface area contributed by atoms with E-state index in [0.29, 0.717) is 17.4 Å². The smallest absolute Gasteiger partial charge is 0.351 e. The third-order valence-corrected chi connectivity index (χ3v) is 5.72. The van der Waals surface area contributed by atoms with E-state index in [4.69, 9.17) is 0 Å². The molecule has 11 heteroatoms. The van der Waals surface area contributed by atoms with Crippen molar-refractivity contribution in [1.29, 1.82) is 0 Å². The van der Waals surface area contributed by atoms with E-state index in [0.717, 1.165) is 33.0 Å². The molecule has 0 aliphatic rings. The van der Waals surface area contributed by atoms with E-state index >= 15 is 0 Å². The number of hydrogen-bond donors (Lipinski definition) is 2. The van der Waals surface area contributed by atoms with Crippen molar-refractivity contribution in [2.45, 2.75) is 26.6 Å². The monoisotopic (exact) mass is 440 g/mol. The lowest BCUT2D eigenvalue weighted by molar-refractivity contribution is -0.141. The molecule has 0 saturated heterocycles. The van der Waals surface area contributed by atoms with Gasteiger partial charge in [-0.05, 0) is 31.2 Å². The highest BCUT2D eigenvalue weighted by atomic mass is 32.1. The second kappa shape index (κ2) is 8.29. The minimum absolute atomic E-state index is 0.00104. The Kier molecular flexibility index (Phi) is 5.99. The van der Waals surface area contributed by atoms with Gasteiger partial charge in [0.2, 0.25) is 5.91 Å². The summed E-state index contributed by atoms with van der Waals surface area (Å²) in [5, 5.41) is 5.65. The number of halogens is 3. The normalized spacial score (nSPS) is 11.3. The fourth-order valence-electron chi connectivity index (χ4n) is 2.36. The van der Waals surface area contributed by atoms with Crippen molar-refractivity contribution < 1.29 is 22.8 Å². The van der Waals surface area contributed by atoms with Gasteiger partial charge in [-0.25, -0.2) is 4.98 Å². The van der Waals surface area contributed by atoms with Crippen molar-refractivity contribution in [2.24, 2.45) is 0 Å². The first-order valence-corrected chi connectivity index (χ1v) is 9.92. The minimum atomic E-state index is -4.56. The van der Waals surface area contributed by atoms with Crippen LogP contribution in [0.2, 0.25) is 0 Å². The molecule has 152 valence electrons. The molecule has 0 atom stereocenters. The standard InChI is InChI=1S/C18H15F3N4O2S2/c1-9-15(13-5-4-12(29-13)8-22-10(2)26)24-17(28-9)25-16(27)11-3-6-14(23-7-11)18(19,20)21/h3-7H,8H2,1-2H3,(H,22,26)(H,24,25,27). The summed E-state index contributed by atoms with van der Waals surface area (Å²) in [5.74, 6) is -0.711. The van der Waals surface area contributed by atoms with Gasteiger partial charge in [0.1, 0.15) is 5.69 Å². The van der Waals surface area contributed by atoms with E-state index in [9.17, 15) is 22.8 Å². The summed E-state index contributed by atoms with van der Waals surface area (Å²) in [5.41, 5.74) is -0.356. The largest absolute Gasteiger partial charge is 0.433 e. The molecule has 29 heavy (non-hydrogen) atoms. The van der Waals surface area contributed by atoms with E-state index in [1.807, 2.05) is 19.1 Å². The number of aryl methyl sites for hydroxylation is 1. The Morgan fingerprint density at radius 3 is 2.52 bits per heavy atom. The number of aromatic nitrogens is 2. The van der Waals surface area contributed by atoms with Gasteiger partial charge in [-0.2, -0.15) is 13.2 Å². The van der Waals surface area contributed by atoms with Crippen LogP contribution in [0.1, 0.15) is 32.7 Å². The number of amides is 2.